The molecule has 7 nitrogen and oxygen atoms in total. The van der Waals surface area contributed by atoms with Crippen molar-refractivity contribution in [2.75, 3.05) is 18.4 Å². The molecule has 9 heteroatoms. The molecule has 3 aromatic rings. The van der Waals surface area contributed by atoms with Gasteiger partial charge >= 0.3 is 0 Å². The summed E-state index contributed by atoms with van der Waals surface area (Å²) < 4.78 is 34.3. The Morgan fingerprint density at radius 3 is 2.65 bits per heavy atom. The monoisotopic (exact) mass is 459 g/mol. The number of anilines is 1. The van der Waals surface area contributed by atoms with Crippen LogP contribution in [-0.4, -0.2) is 48.9 Å². The van der Waals surface area contributed by atoms with Crippen molar-refractivity contribution in [1.82, 2.24) is 9.29 Å². The molecule has 0 bridgehead atoms. The number of carbonyl (C=O) groups is 1. The molecule has 1 aliphatic heterocycles. The van der Waals surface area contributed by atoms with Gasteiger partial charge in [-0.05, 0) is 56.2 Å². The second kappa shape index (κ2) is 8.66. The number of hydrogen-bond donors (Lipinski definition) is 1. The molecule has 1 saturated heterocycles. The maximum Gasteiger partial charge on any atom is 0.257 e. The third kappa shape index (κ3) is 4.64. The zero-order valence-corrected chi connectivity index (χ0v) is 19.3. The quantitative estimate of drug-likeness (QED) is 0.625. The van der Waals surface area contributed by atoms with Gasteiger partial charge in [0.25, 0.3) is 5.91 Å². The number of benzene rings is 2. The molecule has 1 aromatic heterocycles. The first-order valence-corrected chi connectivity index (χ1v) is 12.5. The number of aromatic nitrogens is 1. The predicted octanol–water partition coefficient (Wildman–Crippen LogP) is 3.91. The lowest BCUT2D eigenvalue weighted by Crippen LogP contribution is -2.48. The third-order valence-corrected chi connectivity index (χ3v) is 7.96. The predicted molar refractivity (Wildman–Crippen MR) is 122 cm³/mol. The first-order chi connectivity index (χ1) is 14.8. The summed E-state index contributed by atoms with van der Waals surface area (Å²) in [5.74, 6) is -0.393. The second-order valence-electron chi connectivity index (χ2n) is 7.74. The number of thiazole rings is 1. The first-order valence-electron chi connectivity index (χ1n) is 10.2. The summed E-state index contributed by atoms with van der Waals surface area (Å²) in [5.41, 5.74) is 2.30. The van der Waals surface area contributed by atoms with Crippen molar-refractivity contribution in [3.05, 3.63) is 53.6 Å². The smallest absolute Gasteiger partial charge is 0.257 e. The highest BCUT2D eigenvalue weighted by Gasteiger charge is 2.32. The van der Waals surface area contributed by atoms with E-state index in [2.05, 4.69) is 23.3 Å². The van der Waals surface area contributed by atoms with E-state index in [1.165, 1.54) is 33.3 Å². The Bertz CT molecular complexity index is 1210. The van der Waals surface area contributed by atoms with Crippen LogP contribution in [0.2, 0.25) is 0 Å². The van der Waals surface area contributed by atoms with E-state index in [9.17, 15) is 13.2 Å². The van der Waals surface area contributed by atoms with E-state index in [1.54, 1.807) is 12.1 Å². The molecule has 0 spiro atoms. The van der Waals surface area contributed by atoms with Crippen molar-refractivity contribution in [3.8, 4) is 0 Å². The molecule has 164 valence electrons. The van der Waals surface area contributed by atoms with E-state index in [0.717, 1.165) is 16.6 Å². The van der Waals surface area contributed by atoms with Crippen LogP contribution in [0, 0.1) is 0 Å². The summed E-state index contributed by atoms with van der Waals surface area (Å²) in [6.45, 7) is 6.36. The van der Waals surface area contributed by atoms with Crippen LogP contribution in [-0.2, 0) is 21.2 Å². The number of fused-ring (bicyclic) bond motifs is 1. The van der Waals surface area contributed by atoms with Gasteiger partial charge in [-0.3, -0.25) is 10.1 Å². The van der Waals surface area contributed by atoms with E-state index >= 15 is 0 Å². The Hall–Kier alpha value is -2.33. The number of ether oxygens (including phenoxy) is 1. The molecule has 0 aliphatic carbocycles. The van der Waals surface area contributed by atoms with Crippen LogP contribution in [0.15, 0.2) is 47.4 Å². The van der Waals surface area contributed by atoms with E-state index in [1.807, 2.05) is 26.0 Å². The van der Waals surface area contributed by atoms with Crippen molar-refractivity contribution >= 4 is 42.6 Å². The van der Waals surface area contributed by atoms with Gasteiger partial charge in [0.05, 0.1) is 27.3 Å². The van der Waals surface area contributed by atoms with Gasteiger partial charge in [0, 0.05) is 18.7 Å². The highest BCUT2D eigenvalue weighted by Crippen LogP contribution is 2.28. The second-order valence-corrected chi connectivity index (χ2v) is 10.7. The zero-order chi connectivity index (χ0) is 22.2. The molecule has 2 heterocycles. The number of aryl methyl sites for hydroxylation is 1. The fourth-order valence-corrected chi connectivity index (χ4v) is 6.25. The minimum atomic E-state index is -3.72. The maximum absolute atomic E-state index is 13.1. The molecule has 4 rings (SSSR count). The summed E-state index contributed by atoms with van der Waals surface area (Å²) in [4.78, 5) is 17.4. The number of nitrogens with one attached hydrogen (secondary N) is 1. The molecule has 1 N–H and O–H groups in total. The highest BCUT2D eigenvalue weighted by atomic mass is 32.2. The summed E-state index contributed by atoms with van der Waals surface area (Å²) in [6, 6.07) is 12.1. The van der Waals surface area contributed by atoms with E-state index in [0.29, 0.717) is 5.13 Å². The largest absolute Gasteiger partial charge is 0.373 e. The van der Waals surface area contributed by atoms with Crippen molar-refractivity contribution in [3.63, 3.8) is 0 Å². The standard InChI is InChI=1S/C22H25N3O4S2/c1-4-16-8-9-19-20(10-16)30-22(23-19)24-21(26)17-6-5-7-18(11-17)31(27,28)25-12-14(2)29-15(3)13-25/h5-11,14-15H,4,12-13H2,1-3H3,(H,23,24,26). The number of nitrogens with zero attached hydrogens (tertiary/aromatic N) is 2. The molecule has 1 amide bonds. The van der Waals surface area contributed by atoms with E-state index in [-0.39, 0.29) is 35.8 Å². The van der Waals surface area contributed by atoms with Crippen LogP contribution in [0.4, 0.5) is 5.13 Å². The van der Waals surface area contributed by atoms with Gasteiger partial charge < -0.3 is 4.74 Å². The molecule has 1 fully saturated rings. The van der Waals surface area contributed by atoms with Gasteiger partial charge in [-0.25, -0.2) is 13.4 Å². The molecule has 2 unspecified atom stereocenters. The highest BCUT2D eigenvalue weighted by molar-refractivity contribution is 7.89. The van der Waals surface area contributed by atoms with Crippen LogP contribution >= 0.6 is 11.3 Å². The molecule has 2 aromatic carbocycles. The topological polar surface area (TPSA) is 88.6 Å². The van der Waals surface area contributed by atoms with E-state index in [4.69, 9.17) is 4.74 Å². The molecule has 31 heavy (non-hydrogen) atoms. The van der Waals surface area contributed by atoms with Gasteiger partial charge in [0.1, 0.15) is 0 Å². The minimum Gasteiger partial charge on any atom is -0.373 e. The molecule has 2 atom stereocenters. The summed E-state index contributed by atoms with van der Waals surface area (Å²) in [5, 5.41) is 3.28. The first kappa shape index (κ1) is 21.9. The minimum absolute atomic E-state index is 0.0957. The Morgan fingerprint density at radius 1 is 1.19 bits per heavy atom. The van der Waals surface area contributed by atoms with Crippen LogP contribution in [0.1, 0.15) is 36.7 Å². The number of amides is 1. The normalized spacial score (nSPS) is 20.1. The Labute approximate surface area is 186 Å². The summed E-state index contributed by atoms with van der Waals surface area (Å²) in [6.07, 6.45) is 0.562. The Balaban J connectivity index is 1.55. The van der Waals surface area contributed by atoms with Crippen LogP contribution in [0.3, 0.4) is 0 Å². The molecule has 0 radical (unpaired) electrons. The summed E-state index contributed by atoms with van der Waals surface area (Å²) >= 11 is 1.40. The number of hydrogen-bond acceptors (Lipinski definition) is 6. The zero-order valence-electron chi connectivity index (χ0n) is 17.7. The lowest BCUT2D eigenvalue weighted by atomic mass is 10.2. The van der Waals surface area contributed by atoms with Gasteiger partial charge in [0.2, 0.25) is 10.0 Å². The van der Waals surface area contributed by atoms with Gasteiger partial charge in [-0.15, -0.1) is 0 Å². The van der Waals surface area contributed by atoms with Crippen LogP contribution in [0.5, 0.6) is 0 Å². The molecular formula is C22H25N3O4S2. The lowest BCUT2D eigenvalue weighted by molar-refractivity contribution is -0.0440. The molecule has 1 aliphatic rings. The fraction of sp³-hybridized carbons (Fsp3) is 0.364. The lowest BCUT2D eigenvalue weighted by Gasteiger charge is -2.34. The van der Waals surface area contributed by atoms with Crippen molar-refractivity contribution in [2.45, 2.75) is 44.3 Å². The van der Waals surface area contributed by atoms with Crippen LogP contribution < -0.4 is 5.32 Å². The Morgan fingerprint density at radius 2 is 1.94 bits per heavy atom. The summed E-state index contributed by atoms with van der Waals surface area (Å²) in [7, 11) is -3.72. The van der Waals surface area contributed by atoms with Gasteiger partial charge in [-0.2, -0.15) is 4.31 Å². The fourth-order valence-electron chi connectivity index (χ4n) is 3.69. The average Bonchev–Trinajstić information content (AvgIpc) is 3.14. The number of rotatable bonds is 5. The number of carbonyl (C=O) groups excluding carboxylic acids is 1. The SMILES string of the molecule is CCc1ccc2nc(NC(=O)c3cccc(S(=O)(=O)N4CC(C)OC(C)C4)c3)sc2c1. The Kier molecular flexibility index (Phi) is 6.11. The van der Waals surface area contributed by atoms with Gasteiger partial charge in [-0.1, -0.05) is 30.4 Å². The third-order valence-electron chi connectivity index (χ3n) is 5.20. The van der Waals surface area contributed by atoms with Crippen molar-refractivity contribution in [1.29, 1.82) is 0 Å². The number of sulfonamides is 1. The van der Waals surface area contributed by atoms with Gasteiger partial charge in [0.15, 0.2) is 5.13 Å². The maximum atomic E-state index is 13.1. The molecule has 0 saturated carbocycles. The number of morpholine rings is 1. The molecular weight excluding hydrogens is 434 g/mol. The van der Waals surface area contributed by atoms with E-state index < -0.39 is 15.9 Å². The van der Waals surface area contributed by atoms with Crippen LogP contribution in [0.25, 0.3) is 10.2 Å². The van der Waals surface area contributed by atoms with Crippen molar-refractivity contribution < 1.29 is 17.9 Å². The van der Waals surface area contributed by atoms with Crippen molar-refractivity contribution in [2.24, 2.45) is 0 Å². The average molecular weight is 460 g/mol.